The molecule has 3 rings (SSSR count). The van der Waals surface area contributed by atoms with Crippen LogP contribution in [0.5, 0.6) is 0 Å². The first-order valence-corrected chi connectivity index (χ1v) is 8.03. The van der Waals surface area contributed by atoms with Gasteiger partial charge in [-0.05, 0) is 43.4 Å². The lowest BCUT2D eigenvalue weighted by molar-refractivity contribution is 0.0757. The summed E-state index contributed by atoms with van der Waals surface area (Å²) in [5.41, 5.74) is 2.54. The minimum Gasteiger partial charge on any atom is -0.394 e. The molecule has 1 aliphatic carbocycles. The predicted molar refractivity (Wildman–Crippen MR) is 83.6 cm³/mol. The van der Waals surface area contributed by atoms with Gasteiger partial charge in [-0.1, -0.05) is 25.3 Å². The Kier molecular flexibility index (Phi) is 4.15. The van der Waals surface area contributed by atoms with Gasteiger partial charge in [-0.2, -0.15) is 0 Å². The maximum atomic E-state index is 12.7. The summed E-state index contributed by atoms with van der Waals surface area (Å²) in [6, 6.07) is 5.86. The van der Waals surface area contributed by atoms with E-state index in [0.717, 1.165) is 61.9 Å². The molecule has 1 aromatic rings. The number of amides is 1. The van der Waals surface area contributed by atoms with Gasteiger partial charge in [0.2, 0.25) is 0 Å². The van der Waals surface area contributed by atoms with Gasteiger partial charge in [0.25, 0.3) is 5.91 Å². The lowest BCUT2D eigenvalue weighted by atomic mass is 9.82. The van der Waals surface area contributed by atoms with Crippen molar-refractivity contribution >= 4 is 11.6 Å². The van der Waals surface area contributed by atoms with Crippen LogP contribution < -0.4 is 10.6 Å². The quantitative estimate of drug-likeness (QED) is 0.800. The Labute approximate surface area is 125 Å². The second kappa shape index (κ2) is 6.06. The Morgan fingerprint density at radius 1 is 1.24 bits per heavy atom. The predicted octanol–water partition coefficient (Wildman–Crippen LogP) is 2.47. The molecule has 0 saturated heterocycles. The van der Waals surface area contributed by atoms with Crippen molar-refractivity contribution in [3.63, 3.8) is 0 Å². The number of carbonyl (C=O) groups is 1. The van der Waals surface area contributed by atoms with E-state index in [1.165, 1.54) is 6.42 Å². The molecule has 1 fully saturated rings. The maximum absolute atomic E-state index is 12.7. The molecule has 0 bridgehead atoms. The van der Waals surface area contributed by atoms with Crippen LogP contribution in [0.4, 0.5) is 5.69 Å². The number of benzene rings is 1. The SMILES string of the molecule is O=C(NC1(CO)CCCCC1)c1cccc2c1CCCN2. The van der Waals surface area contributed by atoms with E-state index < -0.39 is 5.54 Å². The van der Waals surface area contributed by atoms with Crippen LogP contribution in [0, 0.1) is 0 Å². The van der Waals surface area contributed by atoms with Crippen LogP contribution in [-0.2, 0) is 6.42 Å². The molecule has 114 valence electrons. The third kappa shape index (κ3) is 2.91. The van der Waals surface area contributed by atoms with Crippen LogP contribution in [0.2, 0.25) is 0 Å². The highest BCUT2D eigenvalue weighted by Crippen LogP contribution is 2.30. The number of fused-ring (bicyclic) bond motifs is 1. The molecular weight excluding hydrogens is 264 g/mol. The molecule has 1 amide bonds. The summed E-state index contributed by atoms with van der Waals surface area (Å²) in [5.74, 6) is -0.0356. The van der Waals surface area contributed by atoms with Crippen molar-refractivity contribution in [2.24, 2.45) is 0 Å². The van der Waals surface area contributed by atoms with Crippen molar-refractivity contribution in [1.29, 1.82) is 0 Å². The van der Waals surface area contributed by atoms with Crippen LogP contribution in [0.3, 0.4) is 0 Å². The fraction of sp³-hybridized carbons (Fsp3) is 0.588. The molecule has 1 aliphatic heterocycles. The number of carbonyl (C=O) groups excluding carboxylic acids is 1. The topological polar surface area (TPSA) is 61.4 Å². The van der Waals surface area contributed by atoms with Crippen molar-refractivity contribution < 1.29 is 9.90 Å². The van der Waals surface area contributed by atoms with Gasteiger partial charge in [0.05, 0.1) is 12.1 Å². The number of hydrogen-bond donors (Lipinski definition) is 3. The molecule has 21 heavy (non-hydrogen) atoms. The molecule has 0 radical (unpaired) electrons. The summed E-state index contributed by atoms with van der Waals surface area (Å²) in [5, 5.41) is 16.2. The van der Waals surface area contributed by atoms with Gasteiger partial charge in [-0.15, -0.1) is 0 Å². The summed E-state index contributed by atoms with van der Waals surface area (Å²) in [4.78, 5) is 12.7. The molecule has 1 saturated carbocycles. The highest BCUT2D eigenvalue weighted by Gasteiger charge is 2.33. The first kappa shape index (κ1) is 14.4. The van der Waals surface area contributed by atoms with E-state index >= 15 is 0 Å². The maximum Gasteiger partial charge on any atom is 0.252 e. The lowest BCUT2D eigenvalue weighted by Crippen LogP contribution is -2.52. The molecule has 0 spiro atoms. The third-order valence-corrected chi connectivity index (χ3v) is 4.83. The van der Waals surface area contributed by atoms with E-state index in [2.05, 4.69) is 10.6 Å². The van der Waals surface area contributed by atoms with Crippen molar-refractivity contribution in [2.45, 2.75) is 50.5 Å². The number of nitrogens with one attached hydrogen (secondary N) is 2. The number of rotatable bonds is 3. The molecule has 0 aromatic heterocycles. The van der Waals surface area contributed by atoms with Gasteiger partial charge >= 0.3 is 0 Å². The molecule has 0 atom stereocenters. The number of aliphatic hydroxyl groups is 1. The fourth-order valence-corrected chi connectivity index (χ4v) is 3.58. The van der Waals surface area contributed by atoms with Gasteiger partial charge < -0.3 is 15.7 Å². The van der Waals surface area contributed by atoms with Crippen LogP contribution in [0.1, 0.15) is 54.4 Å². The van der Waals surface area contributed by atoms with Gasteiger partial charge in [0, 0.05) is 17.8 Å². The normalized spacial score (nSPS) is 20.2. The first-order valence-electron chi connectivity index (χ1n) is 8.03. The third-order valence-electron chi connectivity index (χ3n) is 4.83. The van der Waals surface area contributed by atoms with Gasteiger partial charge in [0.1, 0.15) is 0 Å². The van der Waals surface area contributed by atoms with E-state index in [-0.39, 0.29) is 12.5 Å². The zero-order valence-corrected chi connectivity index (χ0v) is 12.5. The van der Waals surface area contributed by atoms with Crippen molar-refractivity contribution in [3.8, 4) is 0 Å². The minimum absolute atomic E-state index is 0.0337. The van der Waals surface area contributed by atoms with Crippen LogP contribution in [-0.4, -0.2) is 29.7 Å². The van der Waals surface area contributed by atoms with E-state index in [0.29, 0.717) is 0 Å². The van der Waals surface area contributed by atoms with Crippen LogP contribution >= 0.6 is 0 Å². The zero-order chi connectivity index (χ0) is 14.7. The summed E-state index contributed by atoms with van der Waals surface area (Å²) >= 11 is 0. The molecular formula is C17H24N2O2. The Morgan fingerprint density at radius 3 is 2.81 bits per heavy atom. The Hall–Kier alpha value is -1.55. The smallest absolute Gasteiger partial charge is 0.252 e. The summed E-state index contributed by atoms with van der Waals surface area (Å²) < 4.78 is 0. The largest absolute Gasteiger partial charge is 0.394 e. The molecule has 3 N–H and O–H groups in total. The molecule has 1 heterocycles. The molecule has 4 heteroatoms. The van der Waals surface area contributed by atoms with Gasteiger partial charge in [-0.3, -0.25) is 4.79 Å². The Bertz CT molecular complexity index is 522. The van der Waals surface area contributed by atoms with Gasteiger partial charge in [-0.25, -0.2) is 0 Å². The van der Waals surface area contributed by atoms with Crippen molar-refractivity contribution in [1.82, 2.24) is 5.32 Å². The van der Waals surface area contributed by atoms with E-state index in [4.69, 9.17) is 0 Å². The summed E-state index contributed by atoms with van der Waals surface area (Å²) in [7, 11) is 0. The number of hydrogen-bond acceptors (Lipinski definition) is 3. The van der Waals surface area contributed by atoms with Gasteiger partial charge in [0.15, 0.2) is 0 Å². The Morgan fingerprint density at radius 2 is 2.05 bits per heavy atom. The zero-order valence-electron chi connectivity index (χ0n) is 12.5. The highest BCUT2D eigenvalue weighted by atomic mass is 16.3. The van der Waals surface area contributed by atoms with Crippen LogP contribution in [0.25, 0.3) is 0 Å². The molecule has 2 aliphatic rings. The molecule has 0 unspecified atom stereocenters. The van der Waals surface area contributed by atoms with E-state index in [1.54, 1.807) is 0 Å². The lowest BCUT2D eigenvalue weighted by Gasteiger charge is -2.36. The monoisotopic (exact) mass is 288 g/mol. The number of aliphatic hydroxyl groups excluding tert-OH is 1. The Balaban J connectivity index is 1.82. The van der Waals surface area contributed by atoms with Crippen molar-refractivity contribution in [3.05, 3.63) is 29.3 Å². The number of anilines is 1. The second-order valence-corrected chi connectivity index (χ2v) is 6.32. The van der Waals surface area contributed by atoms with E-state index in [1.807, 2.05) is 18.2 Å². The standard InChI is InChI=1S/C17H24N2O2/c20-12-17(9-2-1-3-10-17)19-16(21)14-6-4-8-15-13(14)7-5-11-18-15/h4,6,8,18,20H,1-3,5,7,9-12H2,(H,19,21). The first-order chi connectivity index (χ1) is 10.2. The van der Waals surface area contributed by atoms with Crippen LogP contribution in [0.15, 0.2) is 18.2 Å². The fourth-order valence-electron chi connectivity index (χ4n) is 3.58. The molecule has 4 nitrogen and oxygen atoms in total. The second-order valence-electron chi connectivity index (χ2n) is 6.32. The molecule has 1 aromatic carbocycles. The summed E-state index contributed by atoms with van der Waals surface area (Å²) in [6.07, 6.45) is 7.11. The minimum atomic E-state index is -0.417. The average Bonchev–Trinajstić information content (AvgIpc) is 2.55. The summed E-state index contributed by atoms with van der Waals surface area (Å²) in [6.45, 7) is 1.00. The highest BCUT2D eigenvalue weighted by molar-refractivity contribution is 5.97. The van der Waals surface area contributed by atoms with Crippen molar-refractivity contribution in [2.75, 3.05) is 18.5 Å². The van der Waals surface area contributed by atoms with E-state index in [9.17, 15) is 9.90 Å². The average molecular weight is 288 g/mol.